The van der Waals surface area contributed by atoms with Crippen molar-refractivity contribution in [2.75, 3.05) is 12.3 Å². The monoisotopic (exact) mass is 312 g/mol. The number of aliphatic hydroxyl groups excluding tert-OH is 1. The van der Waals surface area contributed by atoms with E-state index >= 15 is 0 Å². The van der Waals surface area contributed by atoms with E-state index in [1.807, 2.05) is 6.92 Å². The van der Waals surface area contributed by atoms with E-state index in [0.29, 0.717) is 29.8 Å². The molecule has 1 aliphatic rings. The molecule has 1 aromatic rings. The predicted octanol–water partition coefficient (Wildman–Crippen LogP) is 1.63. The van der Waals surface area contributed by atoms with Gasteiger partial charge in [0.05, 0.1) is 11.0 Å². The third-order valence-corrected chi connectivity index (χ3v) is 6.02. The summed E-state index contributed by atoms with van der Waals surface area (Å²) in [5.41, 5.74) is 8.69. The highest BCUT2D eigenvalue weighted by Gasteiger charge is 2.26. The molecule has 2 unspecified atom stereocenters. The van der Waals surface area contributed by atoms with Gasteiger partial charge in [0, 0.05) is 12.2 Å². The Morgan fingerprint density at radius 3 is 2.52 bits per heavy atom. The molecule has 2 atom stereocenters. The number of hydrogen-bond acceptors (Lipinski definition) is 4. The zero-order chi connectivity index (χ0) is 15.8. The molecule has 118 valence electrons. The highest BCUT2D eigenvalue weighted by Crippen LogP contribution is 2.29. The predicted molar refractivity (Wildman–Crippen MR) is 83.6 cm³/mol. The van der Waals surface area contributed by atoms with Gasteiger partial charge >= 0.3 is 0 Å². The van der Waals surface area contributed by atoms with Crippen LogP contribution in [0.3, 0.4) is 0 Å². The molecule has 0 saturated heterocycles. The topological polar surface area (TPSA) is 92.4 Å². The van der Waals surface area contributed by atoms with Crippen LogP contribution in [-0.2, 0) is 10.0 Å². The van der Waals surface area contributed by atoms with E-state index in [2.05, 4.69) is 4.72 Å². The van der Waals surface area contributed by atoms with Gasteiger partial charge in [-0.2, -0.15) is 0 Å². The molecule has 5 nitrogen and oxygen atoms in total. The third kappa shape index (κ3) is 3.39. The molecule has 6 heteroatoms. The van der Waals surface area contributed by atoms with Crippen LogP contribution in [0.5, 0.6) is 0 Å². The smallest absolute Gasteiger partial charge is 0.241 e. The maximum Gasteiger partial charge on any atom is 0.241 e. The molecule has 0 aliphatic heterocycles. The summed E-state index contributed by atoms with van der Waals surface area (Å²) in [5, 5.41) is 9.51. The van der Waals surface area contributed by atoms with Gasteiger partial charge in [0.25, 0.3) is 0 Å². The lowest BCUT2D eigenvalue weighted by molar-refractivity contribution is 0.178. The van der Waals surface area contributed by atoms with Crippen molar-refractivity contribution in [2.45, 2.75) is 51.0 Å². The Labute approximate surface area is 126 Å². The van der Waals surface area contributed by atoms with E-state index in [4.69, 9.17) is 5.73 Å². The lowest BCUT2D eigenvalue weighted by Crippen LogP contribution is -2.30. The number of nitrogen functional groups attached to an aromatic ring is 1. The van der Waals surface area contributed by atoms with Crippen LogP contribution >= 0.6 is 0 Å². The molecule has 0 radical (unpaired) electrons. The molecule has 2 rings (SSSR count). The maximum absolute atomic E-state index is 12.5. The number of anilines is 1. The second kappa shape index (κ2) is 5.94. The first-order chi connectivity index (χ1) is 9.72. The lowest BCUT2D eigenvalue weighted by Gasteiger charge is -2.17. The van der Waals surface area contributed by atoms with Gasteiger partial charge in [-0.3, -0.25) is 0 Å². The first-order valence-corrected chi connectivity index (χ1v) is 8.74. The minimum absolute atomic E-state index is 0.207. The SMILES string of the molecule is Cc1cc(C)c(S(=O)(=O)NCC2CCC(O)C2)c(C)c1N. The second-order valence-electron chi connectivity index (χ2n) is 6.06. The third-order valence-electron chi connectivity index (χ3n) is 4.30. The van der Waals surface area contributed by atoms with Gasteiger partial charge < -0.3 is 10.8 Å². The van der Waals surface area contributed by atoms with E-state index in [1.165, 1.54) is 0 Å². The van der Waals surface area contributed by atoms with Crippen molar-refractivity contribution in [3.63, 3.8) is 0 Å². The van der Waals surface area contributed by atoms with Crippen molar-refractivity contribution >= 4 is 15.7 Å². The summed E-state index contributed by atoms with van der Waals surface area (Å²) in [7, 11) is -3.58. The Bertz CT molecular complexity index is 641. The molecule has 4 N–H and O–H groups in total. The summed E-state index contributed by atoms with van der Waals surface area (Å²) in [6.07, 6.45) is 1.98. The van der Waals surface area contributed by atoms with E-state index in [-0.39, 0.29) is 16.9 Å². The Balaban J connectivity index is 2.22. The largest absolute Gasteiger partial charge is 0.398 e. The molecule has 21 heavy (non-hydrogen) atoms. The average Bonchev–Trinajstić information content (AvgIpc) is 2.79. The standard InChI is InChI=1S/C15H24N2O3S/c1-9-6-10(2)15(11(3)14(9)16)21(19,20)17-8-12-4-5-13(18)7-12/h6,12-13,17-18H,4-5,7-8,16H2,1-3H3. The van der Waals surface area contributed by atoms with Crippen LogP contribution in [-0.4, -0.2) is 26.2 Å². The van der Waals surface area contributed by atoms with Gasteiger partial charge in [-0.1, -0.05) is 6.07 Å². The Hall–Kier alpha value is -1.11. The fourth-order valence-corrected chi connectivity index (χ4v) is 4.72. The Morgan fingerprint density at radius 2 is 1.95 bits per heavy atom. The van der Waals surface area contributed by atoms with Crippen LogP contribution < -0.4 is 10.5 Å². The van der Waals surface area contributed by atoms with Gasteiger partial charge in [-0.15, -0.1) is 0 Å². The lowest BCUT2D eigenvalue weighted by atomic mass is 10.1. The number of hydrogen-bond donors (Lipinski definition) is 3. The van der Waals surface area contributed by atoms with E-state index in [0.717, 1.165) is 18.4 Å². The van der Waals surface area contributed by atoms with Crippen molar-refractivity contribution < 1.29 is 13.5 Å². The molecule has 0 amide bonds. The van der Waals surface area contributed by atoms with Gasteiger partial charge in [0.2, 0.25) is 10.0 Å². The highest BCUT2D eigenvalue weighted by molar-refractivity contribution is 7.89. The van der Waals surface area contributed by atoms with Crippen molar-refractivity contribution in [1.29, 1.82) is 0 Å². The number of rotatable bonds is 4. The zero-order valence-electron chi connectivity index (χ0n) is 12.8. The molecule has 0 aromatic heterocycles. The number of aryl methyl sites for hydroxylation is 2. The van der Waals surface area contributed by atoms with Crippen LogP contribution in [0.1, 0.15) is 36.0 Å². The summed E-state index contributed by atoms with van der Waals surface area (Å²) in [5.74, 6) is 0.207. The molecular formula is C15H24N2O3S. The van der Waals surface area contributed by atoms with Gasteiger partial charge in [-0.05, 0) is 62.6 Å². The van der Waals surface area contributed by atoms with Crippen LogP contribution in [0, 0.1) is 26.7 Å². The summed E-state index contributed by atoms with van der Waals surface area (Å²) >= 11 is 0. The van der Waals surface area contributed by atoms with Crippen molar-refractivity contribution in [3.8, 4) is 0 Å². The number of aliphatic hydroxyl groups is 1. The molecule has 0 heterocycles. The molecular weight excluding hydrogens is 288 g/mol. The molecule has 0 bridgehead atoms. The fourth-order valence-electron chi connectivity index (χ4n) is 3.13. The van der Waals surface area contributed by atoms with Crippen LogP contribution in [0.4, 0.5) is 5.69 Å². The van der Waals surface area contributed by atoms with Gasteiger partial charge in [0.15, 0.2) is 0 Å². The van der Waals surface area contributed by atoms with Gasteiger partial charge in [-0.25, -0.2) is 13.1 Å². The van der Waals surface area contributed by atoms with E-state index in [1.54, 1.807) is 19.9 Å². The minimum Gasteiger partial charge on any atom is -0.398 e. The van der Waals surface area contributed by atoms with Gasteiger partial charge in [0.1, 0.15) is 0 Å². The van der Waals surface area contributed by atoms with Crippen molar-refractivity contribution in [2.24, 2.45) is 5.92 Å². The van der Waals surface area contributed by atoms with Crippen molar-refractivity contribution in [3.05, 3.63) is 22.8 Å². The minimum atomic E-state index is -3.58. The summed E-state index contributed by atoms with van der Waals surface area (Å²) in [6, 6.07) is 1.80. The Kier molecular flexibility index (Phi) is 4.60. The zero-order valence-corrected chi connectivity index (χ0v) is 13.6. The average molecular weight is 312 g/mol. The molecule has 0 spiro atoms. The Morgan fingerprint density at radius 1 is 1.29 bits per heavy atom. The number of sulfonamides is 1. The highest BCUT2D eigenvalue weighted by atomic mass is 32.2. The number of nitrogens with one attached hydrogen (secondary N) is 1. The fraction of sp³-hybridized carbons (Fsp3) is 0.600. The molecule has 1 aromatic carbocycles. The first-order valence-electron chi connectivity index (χ1n) is 7.26. The normalized spacial score (nSPS) is 22.7. The molecule has 1 fully saturated rings. The summed E-state index contributed by atoms with van der Waals surface area (Å²) in [4.78, 5) is 0.282. The first kappa shape index (κ1) is 16.3. The van der Waals surface area contributed by atoms with E-state index in [9.17, 15) is 13.5 Å². The maximum atomic E-state index is 12.5. The van der Waals surface area contributed by atoms with E-state index < -0.39 is 10.0 Å². The molecule has 1 saturated carbocycles. The number of nitrogens with two attached hydrogens (primary N) is 1. The molecule has 1 aliphatic carbocycles. The summed E-state index contributed by atoms with van der Waals surface area (Å²) < 4.78 is 27.8. The van der Waals surface area contributed by atoms with Crippen molar-refractivity contribution in [1.82, 2.24) is 4.72 Å². The quantitative estimate of drug-likeness (QED) is 0.737. The van der Waals surface area contributed by atoms with Crippen LogP contribution in [0.15, 0.2) is 11.0 Å². The second-order valence-corrected chi connectivity index (χ2v) is 7.77. The van der Waals surface area contributed by atoms with Crippen LogP contribution in [0.25, 0.3) is 0 Å². The number of benzene rings is 1. The van der Waals surface area contributed by atoms with Crippen LogP contribution in [0.2, 0.25) is 0 Å². The summed E-state index contributed by atoms with van der Waals surface area (Å²) in [6.45, 7) is 5.77.